The van der Waals surface area contributed by atoms with E-state index in [1.54, 1.807) is 7.11 Å². The molecule has 20 heavy (non-hydrogen) atoms. The molecule has 3 heteroatoms. The smallest absolute Gasteiger partial charge is 0.118 e. The minimum absolute atomic E-state index is 0. The summed E-state index contributed by atoms with van der Waals surface area (Å²) in [5.41, 5.74) is 2.42. The molecule has 0 unspecified atom stereocenters. The molecule has 0 aliphatic rings. The second-order valence-electron chi connectivity index (χ2n) is 5.02. The Kier molecular flexibility index (Phi) is 6.22. The second kappa shape index (κ2) is 7.24. The van der Waals surface area contributed by atoms with Crippen molar-refractivity contribution >= 4 is 0 Å². The molecule has 0 spiro atoms. The van der Waals surface area contributed by atoms with E-state index in [9.17, 15) is 0 Å². The van der Waals surface area contributed by atoms with Crippen LogP contribution in [-0.2, 0) is 38.1 Å². The third-order valence-corrected chi connectivity index (χ3v) is 3.55. The Morgan fingerprint density at radius 2 is 1.20 bits per heavy atom. The molecule has 0 saturated heterocycles. The first-order chi connectivity index (χ1) is 9.07. The van der Waals surface area contributed by atoms with Gasteiger partial charge in [0.1, 0.15) is 5.75 Å². The predicted octanol–water partition coefficient (Wildman–Crippen LogP) is 4.19. The van der Waals surface area contributed by atoms with Crippen LogP contribution in [0.15, 0.2) is 48.5 Å². The first kappa shape index (κ1) is 17.2. The van der Waals surface area contributed by atoms with Gasteiger partial charge in [-0.1, -0.05) is 38.1 Å². The van der Waals surface area contributed by atoms with E-state index in [2.05, 4.69) is 45.2 Å². The van der Waals surface area contributed by atoms with Crippen molar-refractivity contribution in [3.05, 3.63) is 66.8 Å². The van der Waals surface area contributed by atoms with Gasteiger partial charge in [0.15, 0.2) is 0 Å². The van der Waals surface area contributed by atoms with Crippen molar-refractivity contribution in [2.75, 3.05) is 7.11 Å². The topological polar surface area (TPSA) is 18.5 Å². The Morgan fingerprint density at radius 1 is 0.800 bits per heavy atom. The molecule has 0 fully saturated rings. The summed E-state index contributed by atoms with van der Waals surface area (Å²) in [5.74, 6) is 1.65. The van der Waals surface area contributed by atoms with E-state index in [1.807, 2.05) is 24.3 Å². The van der Waals surface area contributed by atoms with Gasteiger partial charge in [0.25, 0.3) is 0 Å². The first-order valence-electron chi connectivity index (χ1n) is 6.25. The molecule has 2 aromatic carbocycles. The summed E-state index contributed by atoms with van der Waals surface area (Å²) in [6, 6.07) is 16.2. The van der Waals surface area contributed by atoms with Gasteiger partial charge in [0, 0.05) is 38.1 Å². The number of hydrogen-bond acceptors (Lipinski definition) is 2. The third-order valence-electron chi connectivity index (χ3n) is 3.55. The number of hydrogen-bond donors (Lipinski definition) is 0. The summed E-state index contributed by atoms with van der Waals surface area (Å²) in [5, 5.41) is 0. The van der Waals surface area contributed by atoms with Crippen LogP contribution in [0.3, 0.4) is 0 Å². The van der Waals surface area contributed by atoms with Gasteiger partial charge < -0.3 is 9.47 Å². The van der Waals surface area contributed by atoms with Crippen LogP contribution in [-0.4, -0.2) is 7.11 Å². The van der Waals surface area contributed by atoms with Gasteiger partial charge in [-0.25, -0.2) is 0 Å². The second-order valence-corrected chi connectivity index (χ2v) is 5.02. The van der Waals surface area contributed by atoms with Gasteiger partial charge in [-0.2, -0.15) is 7.11 Å². The van der Waals surface area contributed by atoms with Crippen LogP contribution in [0.2, 0.25) is 0 Å². The maximum absolute atomic E-state index is 5.19. The average molecular weight is 344 g/mol. The Hall–Kier alpha value is -0.856. The van der Waals surface area contributed by atoms with E-state index in [0.29, 0.717) is 0 Å². The minimum Gasteiger partial charge on any atom is -0.665 e. The summed E-state index contributed by atoms with van der Waals surface area (Å²) in [6.07, 6.45) is 0. The quantitative estimate of drug-likeness (QED) is 0.775. The van der Waals surface area contributed by atoms with Crippen molar-refractivity contribution in [3.63, 3.8) is 0 Å². The van der Waals surface area contributed by atoms with Crippen LogP contribution in [0.4, 0.5) is 0 Å². The monoisotopic (exact) mass is 344 g/mol. The van der Waals surface area contributed by atoms with Crippen LogP contribution < -0.4 is 9.47 Å². The number of methoxy groups -OCH3 is 1. The minimum atomic E-state index is -0.0635. The fourth-order valence-corrected chi connectivity index (χ4v) is 2.14. The Balaban J connectivity index is 0.00000200. The van der Waals surface area contributed by atoms with Gasteiger partial charge in [-0.05, 0) is 35.4 Å². The van der Waals surface area contributed by atoms with E-state index in [4.69, 9.17) is 9.47 Å². The maximum Gasteiger partial charge on any atom is 0.118 e. The summed E-state index contributed by atoms with van der Waals surface area (Å²) >= 11 is 0. The molecule has 2 rings (SSSR count). The molecular weight excluding hydrogens is 325 g/mol. The van der Waals surface area contributed by atoms with Gasteiger partial charge in [0.2, 0.25) is 0 Å². The average Bonchev–Trinajstić information content (AvgIpc) is 2.47. The van der Waals surface area contributed by atoms with Crippen molar-refractivity contribution in [1.29, 1.82) is 0 Å². The molecule has 0 aliphatic heterocycles. The standard InChI is InChI=1S/C17H19O2.Y/c1-17(2,13-5-9-15(18-3)10-6-13)14-7-11-16(19-4)12-8-14;/h5-12H,3H2,1-2,4H3;/q-1;. The molecule has 0 saturated carbocycles. The SMILES string of the molecule is [CH2-]Oc1ccc(C(C)(C)c2ccc(OC)cc2)cc1.[Y]. The summed E-state index contributed by atoms with van der Waals surface area (Å²) in [7, 11) is 5.09. The van der Waals surface area contributed by atoms with E-state index < -0.39 is 0 Å². The predicted molar refractivity (Wildman–Crippen MR) is 77.5 cm³/mol. The molecule has 0 N–H and O–H groups in total. The van der Waals surface area contributed by atoms with Crippen LogP contribution in [0.1, 0.15) is 25.0 Å². The van der Waals surface area contributed by atoms with Crippen molar-refractivity contribution in [1.82, 2.24) is 0 Å². The fraction of sp³-hybridized carbons (Fsp3) is 0.235. The Morgan fingerprint density at radius 3 is 1.55 bits per heavy atom. The maximum atomic E-state index is 5.19. The molecular formula is C17H19O2Y-. The fourth-order valence-electron chi connectivity index (χ4n) is 2.14. The van der Waals surface area contributed by atoms with Crippen LogP contribution in [0.5, 0.6) is 11.5 Å². The van der Waals surface area contributed by atoms with Crippen molar-refractivity contribution in [2.45, 2.75) is 19.3 Å². The van der Waals surface area contributed by atoms with Gasteiger partial charge in [-0.3, -0.25) is 0 Å². The molecule has 103 valence electrons. The molecule has 1 radical (unpaired) electrons. The zero-order chi connectivity index (χ0) is 13.9. The van der Waals surface area contributed by atoms with E-state index in [0.717, 1.165) is 11.5 Å². The van der Waals surface area contributed by atoms with Gasteiger partial charge in [0.05, 0.1) is 12.9 Å². The molecule has 0 atom stereocenters. The van der Waals surface area contributed by atoms with E-state index in [1.165, 1.54) is 11.1 Å². The number of ether oxygens (including phenoxy) is 2. The van der Waals surface area contributed by atoms with Gasteiger partial charge >= 0.3 is 0 Å². The van der Waals surface area contributed by atoms with Crippen LogP contribution in [0.25, 0.3) is 0 Å². The Bertz CT molecular complexity index is 480. The molecule has 0 amide bonds. The summed E-state index contributed by atoms with van der Waals surface area (Å²) in [6.45, 7) is 4.41. The van der Waals surface area contributed by atoms with E-state index >= 15 is 0 Å². The zero-order valence-electron chi connectivity index (χ0n) is 12.2. The molecule has 2 nitrogen and oxygen atoms in total. The third kappa shape index (κ3) is 3.62. The molecule has 0 aromatic heterocycles. The van der Waals surface area contributed by atoms with Crippen molar-refractivity contribution in [3.8, 4) is 11.5 Å². The van der Waals surface area contributed by atoms with Crippen LogP contribution in [0, 0.1) is 7.11 Å². The van der Waals surface area contributed by atoms with Gasteiger partial charge in [-0.15, -0.1) is 0 Å². The molecule has 0 bridgehead atoms. The Labute approximate surface area is 146 Å². The van der Waals surface area contributed by atoms with E-state index in [-0.39, 0.29) is 38.1 Å². The largest absolute Gasteiger partial charge is 0.665 e. The summed E-state index contributed by atoms with van der Waals surface area (Å²) < 4.78 is 10.1. The molecule has 0 heterocycles. The number of benzene rings is 2. The number of rotatable bonds is 4. The molecule has 2 aromatic rings. The van der Waals surface area contributed by atoms with Crippen LogP contribution >= 0.6 is 0 Å². The van der Waals surface area contributed by atoms with Crippen molar-refractivity contribution < 1.29 is 42.2 Å². The normalized spacial score (nSPS) is 10.6. The summed E-state index contributed by atoms with van der Waals surface area (Å²) in [4.78, 5) is 0. The zero-order valence-corrected chi connectivity index (χ0v) is 15.1. The first-order valence-corrected chi connectivity index (χ1v) is 6.25. The molecule has 0 aliphatic carbocycles. The van der Waals surface area contributed by atoms with Crippen molar-refractivity contribution in [2.24, 2.45) is 0 Å².